The zero-order valence-corrected chi connectivity index (χ0v) is 19.2. The van der Waals surface area contributed by atoms with Crippen LogP contribution < -0.4 is 18.9 Å². The fourth-order valence-corrected chi connectivity index (χ4v) is 4.36. The summed E-state index contributed by atoms with van der Waals surface area (Å²) in [6, 6.07) is 15.7. The quantitative estimate of drug-likeness (QED) is 0.372. The Labute approximate surface area is 191 Å². The molecule has 0 amide bonds. The van der Waals surface area contributed by atoms with Gasteiger partial charge in [-0.15, -0.1) is 15.3 Å². The fraction of sp³-hybridized carbons (Fsp3) is 0.227. The second-order valence-electron chi connectivity index (χ2n) is 7.10. The first-order chi connectivity index (χ1) is 15.9. The van der Waals surface area contributed by atoms with Crippen LogP contribution in [0.25, 0.3) is 17.0 Å². The number of nitrogens with one attached hydrogen (secondary N) is 1. The first-order valence-electron chi connectivity index (χ1n) is 10.1. The normalized spacial score (nSPS) is 11.5. The zero-order valence-electron chi connectivity index (χ0n) is 18.3. The molecule has 0 unspecified atom stereocenters. The predicted molar refractivity (Wildman–Crippen MR) is 121 cm³/mol. The van der Waals surface area contributed by atoms with E-state index >= 15 is 0 Å². The highest BCUT2D eigenvalue weighted by molar-refractivity contribution is 7.89. The molecular weight excluding hydrogens is 446 g/mol. The lowest BCUT2D eigenvalue weighted by molar-refractivity contribution is 0.305. The van der Waals surface area contributed by atoms with Gasteiger partial charge in [0.2, 0.25) is 15.9 Å². The van der Waals surface area contributed by atoms with Gasteiger partial charge in [-0.2, -0.15) is 4.52 Å². The molecule has 0 saturated heterocycles. The van der Waals surface area contributed by atoms with Crippen molar-refractivity contribution in [3.05, 3.63) is 60.2 Å². The monoisotopic (exact) mass is 469 g/mol. The van der Waals surface area contributed by atoms with Crippen molar-refractivity contribution >= 4 is 15.7 Å². The molecule has 0 fully saturated rings. The van der Waals surface area contributed by atoms with Crippen molar-refractivity contribution < 1.29 is 22.6 Å². The summed E-state index contributed by atoms with van der Waals surface area (Å²) in [4.78, 5) is 0.0718. The van der Waals surface area contributed by atoms with E-state index in [1.54, 1.807) is 35.9 Å². The summed E-state index contributed by atoms with van der Waals surface area (Å²) in [6.07, 6.45) is 0. The zero-order chi connectivity index (χ0) is 23.4. The van der Waals surface area contributed by atoms with E-state index < -0.39 is 10.0 Å². The van der Waals surface area contributed by atoms with Crippen LogP contribution in [0.4, 0.5) is 0 Å². The van der Waals surface area contributed by atoms with E-state index in [-0.39, 0.29) is 23.8 Å². The standard InChI is InChI=1S/C22H23N5O5S/c1-15-7-8-19(18(13-15)31-3)33(28,29)23-11-12-32-21-10-9-20-24-25-22(27(20)26-21)16-5-4-6-17(14-16)30-2/h4-10,13-14,23H,11-12H2,1-3H3. The molecule has 0 saturated carbocycles. The number of hydrogen-bond acceptors (Lipinski definition) is 8. The third-order valence-corrected chi connectivity index (χ3v) is 6.32. The van der Waals surface area contributed by atoms with Gasteiger partial charge in [0, 0.05) is 18.2 Å². The minimum absolute atomic E-state index is 0.0456. The highest BCUT2D eigenvalue weighted by Crippen LogP contribution is 2.25. The van der Waals surface area contributed by atoms with Gasteiger partial charge >= 0.3 is 0 Å². The molecule has 0 spiro atoms. The maximum absolute atomic E-state index is 12.6. The van der Waals surface area contributed by atoms with E-state index in [2.05, 4.69) is 20.0 Å². The summed E-state index contributed by atoms with van der Waals surface area (Å²) < 4.78 is 45.5. The molecule has 2 aromatic carbocycles. The molecule has 0 radical (unpaired) electrons. The first-order valence-corrected chi connectivity index (χ1v) is 11.5. The van der Waals surface area contributed by atoms with Gasteiger partial charge in [0.05, 0.1) is 14.2 Å². The summed E-state index contributed by atoms with van der Waals surface area (Å²) >= 11 is 0. The summed E-state index contributed by atoms with van der Waals surface area (Å²) in [6.45, 7) is 1.98. The molecule has 0 aliphatic rings. The summed E-state index contributed by atoms with van der Waals surface area (Å²) in [5.74, 6) is 1.81. The molecule has 2 heterocycles. The van der Waals surface area contributed by atoms with Crippen molar-refractivity contribution in [1.29, 1.82) is 0 Å². The van der Waals surface area contributed by atoms with E-state index in [4.69, 9.17) is 14.2 Å². The number of methoxy groups -OCH3 is 2. The molecule has 2 aromatic heterocycles. The van der Waals surface area contributed by atoms with Gasteiger partial charge < -0.3 is 14.2 Å². The number of rotatable bonds is 9. The van der Waals surface area contributed by atoms with Crippen LogP contribution in [0.3, 0.4) is 0 Å². The highest BCUT2D eigenvalue weighted by Gasteiger charge is 2.19. The minimum atomic E-state index is -3.76. The fourth-order valence-electron chi connectivity index (χ4n) is 3.20. The van der Waals surface area contributed by atoms with Crippen molar-refractivity contribution in [2.45, 2.75) is 11.8 Å². The van der Waals surface area contributed by atoms with Gasteiger partial charge in [0.25, 0.3) is 0 Å². The number of aromatic nitrogens is 4. The molecule has 10 nitrogen and oxygen atoms in total. The Kier molecular flexibility index (Phi) is 6.43. The molecule has 4 rings (SSSR count). The van der Waals surface area contributed by atoms with E-state index in [0.717, 1.165) is 11.1 Å². The Morgan fingerprint density at radius 3 is 2.64 bits per heavy atom. The summed E-state index contributed by atoms with van der Waals surface area (Å²) in [7, 11) is -0.736. The maximum Gasteiger partial charge on any atom is 0.244 e. The van der Waals surface area contributed by atoms with E-state index in [1.165, 1.54) is 13.2 Å². The Bertz CT molecular complexity index is 1390. The van der Waals surface area contributed by atoms with Crippen LogP contribution in [0, 0.1) is 6.92 Å². The molecule has 1 N–H and O–H groups in total. The average molecular weight is 470 g/mol. The molecule has 4 aromatic rings. The molecule has 0 aliphatic carbocycles. The minimum Gasteiger partial charge on any atom is -0.497 e. The number of hydrogen-bond donors (Lipinski definition) is 1. The highest BCUT2D eigenvalue weighted by atomic mass is 32.2. The van der Waals surface area contributed by atoms with Gasteiger partial charge in [0.1, 0.15) is 23.0 Å². The molecular formula is C22H23N5O5S. The topological polar surface area (TPSA) is 117 Å². The van der Waals surface area contributed by atoms with Crippen LogP contribution in [0.2, 0.25) is 0 Å². The van der Waals surface area contributed by atoms with Gasteiger partial charge in [-0.1, -0.05) is 18.2 Å². The van der Waals surface area contributed by atoms with Gasteiger partial charge in [-0.05, 0) is 42.8 Å². The van der Waals surface area contributed by atoms with Crippen LogP contribution in [0.1, 0.15) is 5.56 Å². The van der Waals surface area contributed by atoms with Gasteiger partial charge in [0.15, 0.2) is 11.5 Å². The number of fused-ring (bicyclic) bond motifs is 1. The predicted octanol–water partition coefficient (Wildman–Crippen LogP) is 2.47. The Balaban J connectivity index is 1.45. The smallest absolute Gasteiger partial charge is 0.244 e. The van der Waals surface area contributed by atoms with Crippen molar-refractivity contribution in [2.24, 2.45) is 0 Å². The van der Waals surface area contributed by atoms with Crippen LogP contribution in [-0.4, -0.2) is 55.6 Å². The number of sulfonamides is 1. The number of benzene rings is 2. The average Bonchev–Trinajstić information content (AvgIpc) is 3.25. The van der Waals surface area contributed by atoms with Crippen LogP contribution in [0.15, 0.2) is 59.5 Å². The summed E-state index contributed by atoms with van der Waals surface area (Å²) in [5, 5.41) is 12.8. The summed E-state index contributed by atoms with van der Waals surface area (Å²) in [5.41, 5.74) is 2.23. The van der Waals surface area contributed by atoms with Crippen molar-refractivity contribution in [3.63, 3.8) is 0 Å². The van der Waals surface area contributed by atoms with E-state index in [1.807, 2.05) is 31.2 Å². The lowest BCUT2D eigenvalue weighted by Gasteiger charge is -2.12. The Hall–Kier alpha value is -3.70. The second kappa shape index (κ2) is 9.43. The Morgan fingerprint density at radius 1 is 1.00 bits per heavy atom. The van der Waals surface area contributed by atoms with Gasteiger partial charge in [-0.3, -0.25) is 0 Å². The number of nitrogens with zero attached hydrogens (tertiary/aromatic N) is 4. The third kappa shape index (κ3) is 4.89. The lowest BCUT2D eigenvalue weighted by Crippen LogP contribution is -2.28. The van der Waals surface area contributed by atoms with E-state index in [0.29, 0.717) is 23.1 Å². The third-order valence-electron chi connectivity index (χ3n) is 4.82. The number of ether oxygens (including phenoxy) is 3. The van der Waals surface area contributed by atoms with Crippen LogP contribution >= 0.6 is 0 Å². The van der Waals surface area contributed by atoms with Crippen molar-refractivity contribution in [1.82, 2.24) is 24.5 Å². The SMILES string of the molecule is COc1cccc(-c2nnc3ccc(OCCNS(=O)(=O)c4ccc(C)cc4OC)nn23)c1. The van der Waals surface area contributed by atoms with Crippen LogP contribution in [0.5, 0.6) is 17.4 Å². The molecule has 172 valence electrons. The van der Waals surface area contributed by atoms with Gasteiger partial charge in [-0.25, -0.2) is 13.1 Å². The Morgan fingerprint density at radius 2 is 1.85 bits per heavy atom. The second-order valence-corrected chi connectivity index (χ2v) is 8.83. The molecule has 33 heavy (non-hydrogen) atoms. The van der Waals surface area contributed by atoms with Crippen LogP contribution in [-0.2, 0) is 10.0 Å². The largest absolute Gasteiger partial charge is 0.497 e. The molecule has 0 atom stereocenters. The first kappa shape index (κ1) is 22.5. The number of aryl methyl sites for hydroxylation is 1. The molecule has 0 aliphatic heterocycles. The molecule has 11 heteroatoms. The van der Waals surface area contributed by atoms with Crippen molar-refractivity contribution in [3.8, 4) is 28.8 Å². The molecule has 0 bridgehead atoms. The van der Waals surface area contributed by atoms with E-state index in [9.17, 15) is 8.42 Å². The lowest BCUT2D eigenvalue weighted by atomic mass is 10.2. The maximum atomic E-state index is 12.6. The van der Waals surface area contributed by atoms with Crippen molar-refractivity contribution in [2.75, 3.05) is 27.4 Å².